The molecular formula is C9H17NO5. The van der Waals surface area contributed by atoms with Crippen molar-refractivity contribution in [3.63, 3.8) is 0 Å². The van der Waals surface area contributed by atoms with Crippen LogP contribution in [0.4, 0.5) is 0 Å². The molecule has 0 radical (unpaired) electrons. The zero-order valence-corrected chi connectivity index (χ0v) is 9.11. The Morgan fingerprint density at radius 1 is 1.33 bits per heavy atom. The first-order valence-electron chi connectivity index (χ1n) is 4.51. The van der Waals surface area contributed by atoms with Crippen molar-refractivity contribution in [2.75, 3.05) is 0 Å². The van der Waals surface area contributed by atoms with E-state index in [1.807, 2.05) is 0 Å². The first kappa shape index (κ1) is 13.9. The highest BCUT2D eigenvalue weighted by Gasteiger charge is 2.32. The molecule has 4 N–H and O–H groups in total. The molecule has 0 aromatic heterocycles. The molecular weight excluding hydrogens is 202 g/mol. The number of carboxylic acid groups (broad SMARTS) is 1. The highest BCUT2D eigenvalue weighted by Crippen LogP contribution is 2.12. The van der Waals surface area contributed by atoms with Crippen LogP contribution in [0.2, 0.25) is 0 Å². The molecule has 6 nitrogen and oxygen atoms in total. The zero-order chi connectivity index (χ0) is 12.3. The molecule has 0 aliphatic carbocycles. The molecule has 0 saturated carbocycles. The summed E-state index contributed by atoms with van der Waals surface area (Å²) in [7, 11) is 0. The Labute approximate surface area is 88.0 Å². The van der Waals surface area contributed by atoms with E-state index in [0.717, 1.165) is 0 Å². The summed E-state index contributed by atoms with van der Waals surface area (Å²) in [6.45, 7) is 5.07. The topological polar surface area (TPSA) is 110 Å². The van der Waals surface area contributed by atoms with Gasteiger partial charge in [0.1, 0.15) is 5.60 Å². The average molecular weight is 219 g/mol. The van der Waals surface area contributed by atoms with Gasteiger partial charge in [0.05, 0.1) is 6.42 Å². The number of carbonyl (C=O) groups is 2. The van der Waals surface area contributed by atoms with Gasteiger partial charge in [-0.2, -0.15) is 0 Å². The first-order valence-corrected chi connectivity index (χ1v) is 4.51. The fourth-order valence-electron chi connectivity index (χ4n) is 0.792. The van der Waals surface area contributed by atoms with Gasteiger partial charge in [-0.1, -0.05) is 0 Å². The van der Waals surface area contributed by atoms with Gasteiger partial charge in [0.15, 0.2) is 0 Å². The number of rotatable bonds is 4. The van der Waals surface area contributed by atoms with Crippen LogP contribution >= 0.6 is 0 Å². The number of nitrogens with two attached hydrogens (primary N) is 1. The van der Waals surface area contributed by atoms with Crippen molar-refractivity contribution in [3.8, 4) is 0 Å². The normalized spacial score (nSPS) is 15.5. The summed E-state index contributed by atoms with van der Waals surface area (Å²) in [5.41, 5.74) is 2.01. The van der Waals surface area contributed by atoms with E-state index in [4.69, 9.17) is 20.7 Å². The molecule has 0 rings (SSSR count). The monoisotopic (exact) mass is 219 g/mol. The average Bonchev–Trinajstić information content (AvgIpc) is 1.97. The molecule has 0 heterocycles. The lowest BCUT2D eigenvalue weighted by Gasteiger charge is -2.21. The summed E-state index contributed by atoms with van der Waals surface area (Å²) >= 11 is 0. The van der Waals surface area contributed by atoms with E-state index in [1.165, 1.54) is 0 Å². The lowest BCUT2D eigenvalue weighted by atomic mass is 10.1. The van der Waals surface area contributed by atoms with Gasteiger partial charge in [-0.25, -0.2) is 4.79 Å². The van der Waals surface area contributed by atoms with Crippen LogP contribution in [0.25, 0.3) is 0 Å². The summed E-state index contributed by atoms with van der Waals surface area (Å²) in [6.07, 6.45) is -0.617. The predicted molar refractivity (Wildman–Crippen MR) is 51.9 cm³/mol. The van der Waals surface area contributed by atoms with Crippen LogP contribution in [0.3, 0.4) is 0 Å². The van der Waals surface area contributed by atoms with Crippen molar-refractivity contribution >= 4 is 11.9 Å². The zero-order valence-electron chi connectivity index (χ0n) is 9.11. The third kappa shape index (κ3) is 6.03. The minimum absolute atomic E-state index is 0.240. The number of ether oxygens (including phenoxy) is 1. The van der Waals surface area contributed by atoms with E-state index in [2.05, 4.69) is 0 Å². The number of aliphatic hydroxyl groups is 1. The van der Waals surface area contributed by atoms with Gasteiger partial charge in [-0.15, -0.1) is 0 Å². The maximum absolute atomic E-state index is 11.1. The molecule has 0 aromatic carbocycles. The Morgan fingerprint density at radius 2 is 1.80 bits per heavy atom. The number of aliphatic carboxylic acids is 1. The number of hydrogen-bond acceptors (Lipinski definition) is 5. The fraction of sp³-hybridized carbons (Fsp3) is 0.778. The molecule has 15 heavy (non-hydrogen) atoms. The molecule has 0 aliphatic rings. The Hall–Kier alpha value is -1.14. The number of carboxylic acids is 1. The Morgan fingerprint density at radius 3 is 2.13 bits per heavy atom. The van der Waals surface area contributed by atoms with Crippen LogP contribution in [0.15, 0.2) is 0 Å². The molecule has 0 unspecified atom stereocenters. The van der Waals surface area contributed by atoms with Crippen molar-refractivity contribution in [2.24, 2.45) is 5.73 Å². The van der Waals surface area contributed by atoms with E-state index >= 15 is 0 Å². The van der Waals surface area contributed by atoms with Crippen LogP contribution < -0.4 is 5.73 Å². The second kappa shape index (κ2) is 4.59. The first-order chi connectivity index (χ1) is 6.54. The third-order valence-electron chi connectivity index (χ3n) is 1.50. The summed E-state index contributed by atoms with van der Waals surface area (Å²) in [5.74, 6) is -2.15. The van der Waals surface area contributed by atoms with Crippen molar-refractivity contribution in [1.82, 2.24) is 0 Å². The van der Waals surface area contributed by atoms with Crippen LogP contribution in [0.1, 0.15) is 33.6 Å². The third-order valence-corrected chi connectivity index (χ3v) is 1.50. The predicted octanol–water partition coefficient (Wildman–Crippen LogP) is -0.160. The van der Waals surface area contributed by atoms with Gasteiger partial charge in [0.2, 0.25) is 5.72 Å². The van der Waals surface area contributed by atoms with Gasteiger partial charge in [-0.05, 0) is 20.8 Å². The van der Waals surface area contributed by atoms with E-state index in [9.17, 15) is 9.59 Å². The lowest BCUT2D eigenvalue weighted by molar-refractivity contribution is -0.162. The molecule has 1 atom stereocenters. The number of carbonyl (C=O) groups excluding carboxylic acids is 1. The molecule has 0 fully saturated rings. The van der Waals surface area contributed by atoms with Crippen molar-refractivity contribution < 1.29 is 24.5 Å². The standard InChI is InChI=1S/C9H17NO5/c1-8(2,3)15-6(11)4-5-9(10,14)7(12)13/h14H,4-5,10H2,1-3H3,(H,12,13)/t9-/m0/s1. The van der Waals surface area contributed by atoms with Crippen LogP contribution in [-0.2, 0) is 14.3 Å². The van der Waals surface area contributed by atoms with E-state index in [0.29, 0.717) is 0 Å². The van der Waals surface area contributed by atoms with Crippen molar-refractivity contribution in [3.05, 3.63) is 0 Å². The highest BCUT2D eigenvalue weighted by molar-refractivity contribution is 5.77. The van der Waals surface area contributed by atoms with Crippen molar-refractivity contribution in [1.29, 1.82) is 0 Å². The smallest absolute Gasteiger partial charge is 0.351 e. The van der Waals surface area contributed by atoms with Crippen LogP contribution in [-0.4, -0.2) is 33.5 Å². The molecule has 0 saturated heterocycles. The summed E-state index contributed by atoms with van der Waals surface area (Å²) in [6, 6.07) is 0. The molecule has 0 aromatic rings. The Kier molecular flexibility index (Phi) is 4.24. The summed E-state index contributed by atoms with van der Waals surface area (Å²) in [4.78, 5) is 21.5. The maximum atomic E-state index is 11.1. The van der Waals surface area contributed by atoms with Crippen LogP contribution in [0.5, 0.6) is 0 Å². The molecule has 0 bridgehead atoms. The SMILES string of the molecule is CC(C)(C)OC(=O)CC[C@](N)(O)C(=O)O. The summed E-state index contributed by atoms with van der Waals surface area (Å²) in [5, 5.41) is 17.6. The Bertz CT molecular complexity index is 254. The van der Waals surface area contributed by atoms with Gasteiger partial charge in [0, 0.05) is 6.42 Å². The van der Waals surface area contributed by atoms with Crippen LogP contribution in [0, 0.1) is 0 Å². The van der Waals surface area contributed by atoms with E-state index in [1.54, 1.807) is 20.8 Å². The number of esters is 1. The Balaban J connectivity index is 4.07. The summed E-state index contributed by atoms with van der Waals surface area (Å²) < 4.78 is 4.91. The molecule has 0 aliphatic heterocycles. The van der Waals surface area contributed by atoms with Gasteiger partial charge in [-0.3, -0.25) is 10.5 Å². The van der Waals surface area contributed by atoms with E-state index < -0.39 is 23.3 Å². The molecule has 0 amide bonds. The van der Waals surface area contributed by atoms with E-state index in [-0.39, 0.29) is 12.8 Å². The number of hydrogen-bond donors (Lipinski definition) is 3. The molecule has 88 valence electrons. The highest BCUT2D eigenvalue weighted by atomic mass is 16.6. The van der Waals surface area contributed by atoms with Gasteiger partial charge >= 0.3 is 11.9 Å². The largest absolute Gasteiger partial charge is 0.478 e. The quantitative estimate of drug-likeness (QED) is 0.447. The van der Waals surface area contributed by atoms with Crippen molar-refractivity contribution in [2.45, 2.75) is 44.9 Å². The second-order valence-electron chi connectivity index (χ2n) is 4.32. The minimum Gasteiger partial charge on any atom is -0.478 e. The maximum Gasteiger partial charge on any atom is 0.351 e. The molecule has 0 spiro atoms. The van der Waals surface area contributed by atoms with Gasteiger partial charge < -0.3 is 14.9 Å². The fourth-order valence-corrected chi connectivity index (χ4v) is 0.792. The second-order valence-corrected chi connectivity index (χ2v) is 4.32. The molecule has 6 heteroatoms. The van der Waals surface area contributed by atoms with Gasteiger partial charge in [0.25, 0.3) is 0 Å². The minimum atomic E-state index is -2.38. The lowest BCUT2D eigenvalue weighted by Crippen LogP contribution is -2.48.